The SMILES string of the molecule is CCNC(=NCC1CN2CCCC2CO1)NCCCc1ccc(OC)c(OCC)c1. The van der Waals surface area contributed by atoms with Crippen LogP contribution in [0.1, 0.15) is 38.7 Å². The van der Waals surface area contributed by atoms with Crippen LogP contribution in [0.5, 0.6) is 11.5 Å². The second kappa shape index (κ2) is 12.0. The monoisotopic (exact) mass is 418 g/mol. The molecule has 2 aliphatic heterocycles. The van der Waals surface area contributed by atoms with Crippen LogP contribution < -0.4 is 20.1 Å². The van der Waals surface area contributed by atoms with Crippen molar-refractivity contribution in [1.82, 2.24) is 15.5 Å². The van der Waals surface area contributed by atoms with E-state index in [1.165, 1.54) is 24.9 Å². The van der Waals surface area contributed by atoms with E-state index in [2.05, 4.69) is 34.6 Å². The van der Waals surface area contributed by atoms with Crippen LogP contribution in [-0.4, -0.2) is 76.1 Å². The molecule has 0 aromatic heterocycles. The van der Waals surface area contributed by atoms with Gasteiger partial charge in [0.15, 0.2) is 17.5 Å². The van der Waals surface area contributed by atoms with Crippen LogP contribution in [0.15, 0.2) is 23.2 Å². The lowest BCUT2D eigenvalue weighted by Gasteiger charge is -2.34. The van der Waals surface area contributed by atoms with E-state index in [4.69, 9.17) is 19.2 Å². The fourth-order valence-corrected chi connectivity index (χ4v) is 4.18. The van der Waals surface area contributed by atoms with Crippen LogP contribution in [0, 0.1) is 0 Å². The average Bonchev–Trinajstić information content (AvgIpc) is 3.23. The van der Waals surface area contributed by atoms with E-state index in [0.29, 0.717) is 19.2 Å². The molecule has 2 atom stereocenters. The lowest BCUT2D eigenvalue weighted by atomic mass is 10.1. The molecule has 2 aliphatic rings. The predicted molar refractivity (Wildman–Crippen MR) is 121 cm³/mol. The second-order valence-corrected chi connectivity index (χ2v) is 7.91. The van der Waals surface area contributed by atoms with E-state index in [1.54, 1.807) is 7.11 Å². The maximum absolute atomic E-state index is 6.03. The third-order valence-electron chi connectivity index (χ3n) is 5.72. The molecular weight excluding hydrogens is 380 g/mol. The first-order valence-corrected chi connectivity index (χ1v) is 11.4. The number of morpholine rings is 1. The Balaban J connectivity index is 1.43. The summed E-state index contributed by atoms with van der Waals surface area (Å²) in [5, 5.41) is 6.79. The molecule has 2 heterocycles. The minimum Gasteiger partial charge on any atom is -0.493 e. The Morgan fingerprint density at radius 1 is 1.27 bits per heavy atom. The van der Waals surface area contributed by atoms with Crippen molar-refractivity contribution in [2.75, 3.05) is 53.0 Å². The summed E-state index contributed by atoms with van der Waals surface area (Å²) < 4.78 is 17.1. The van der Waals surface area contributed by atoms with E-state index in [9.17, 15) is 0 Å². The van der Waals surface area contributed by atoms with Gasteiger partial charge in [-0.1, -0.05) is 6.07 Å². The Bertz CT molecular complexity index is 682. The van der Waals surface area contributed by atoms with E-state index >= 15 is 0 Å². The molecule has 3 rings (SSSR count). The van der Waals surface area contributed by atoms with Gasteiger partial charge in [-0.3, -0.25) is 9.89 Å². The van der Waals surface area contributed by atoms with E-state index < -0.39 is 0 Å². The van der Waals surface area contributed by atoms with Gasteiger partial charge in [0.2, 0.25) is 0 Å². The number of hydrogen-bond acceptors (Lipinski definition) is 5. The number of benzene rings is 1. The number of methoxy groups -OCH3 is 1. The maximum atomic E-state index is 6.03. The highest BCUT2D eigenvalue weighted by molar-refractivity contribution is 5.79. The highest BCUT2D eigenvalue weighted by atomic mass is 16.5. The molecule has 7 heteroatoms. The zero-order valence-corrected chi connectivity index (χ0v) is 18.8. The first-order valence-electron chi connectivity index (χ1n) is 11.4. The number of rotatable bonds is 10. The minimum absolute atomic E-state index is 0.200. The number of fused-ring (bicyclic) bond motifs is 1. The van der Waals surface area contributed by atoms with Crippen molar-refractivity contribution in [2.24, 2.45) is 4.99 Å². The number of nitrogens with zero attached hydrogens (tertiary/aromatic N) is 2. The largest absolute Gasteiger partial charge is 0.493 e. The standard InChI is InChI=1S/C23H38N4O3/c1-4-24-23(26-15-20-16-27-13-7-9-19(27)17-30-20)25-12-6-8-18-10-11-21(28-3)22(14-18)29-5-2/h10-11,14,19-20H,4-9,12-13,15-17H2,1-3H3,(H2,24,25,26). The zero-order chi connectivity index (χ0) is 21.2. The fourth-order valence-electron chi connectivity index (χ4n) is 4.18. The Morgan fingerprint density at radius 3 is 2.97 bits per heavy atom. The summed E-state index contributed by atoms with van der Waals surface area (Å²) in [4.78, 5) is 7.33. The molecule has 0 bridgehead atoms. The van der Waals surface area contributed by atoms with Gasteiger partial charge in [0, 0.05) is 25.7 Å². The molecule has 2 unspecified atom stereocenters. The number of nitrogens with one attached hydrogen (secondary N) is 2. The molecular formula is C23H38N4O3. The second-order valence-electron chi connectivity index (χ2n) is 7.91. The lowest BCUT2D eigenvalue weighted by Crippen LogP contribution is -2.47. The smallest absolute Gasteiger partial charge is 0.191 e. The third-order valence-corrected chi connectivity index (χ3v) is 5.72. The molecule has 1 aromatic carbocycles. The minimum atomic E-state index is 0.200. The van der Waals surface area contributed by atoms with Crippen LogP contribution in [0.3, 0.4) is 0 Å². The Morgan fingerprint density at radius 2 is 2.17 bits per heavy atom. The van der Waals surface area contributed by atoms with Gasteiger partial charge in [0.25, 0.3) is 0 Å². The Hall–Kier alpha value is -1.99. The van der Waals surface area contributed by atoms with Crippen molar-refractivity contribution < 1.29 is 14.2 Å². The van der Waals surface area contributed by atoms with Crippen LogP contribution in [0.4, 0.5) is 0 Å². The summed E-state index contributed by atoms with van der Waals surface area (Å²) in [6, 6.07) is 6.80. The summed E-state index contributed by atoms with van der Waals surface area (Å²) in [5.74, 6) is 2.47. The summed E-state index contributed by atoms with van der Waals surface area (Å²) in [5.41, 5.74) is 1.25. The normalized spacial score (nSPS) is 21.9. The number of aryl methyl sites for hydroxylation is 1. The maximum Gasteiger partial charge on any atom is 0.191 e. The summed E-state index contributed by atoms with van der Waals surface area (Å²) >= 11 is 0. The summed E-state index contributed by atoms with van der Waals surface area (Å²) in [7, 11) is 1.67. The molecule has 2 saturated heterocycles. The highest BCUT2D eigenvalue weighted by Gasteiger charge is 2.31. The quantitative estimate of drug-likeness (QED) is 0.346. The highest BCUT2D eigenvalue weighted by Crippen LogP contribution is 2.28. The van der Waals surface area contributed by atoms with Crippen LogP contribution in [0.2, 0.25) is 0 Å². The topological polar surface area (TPSA) is 67.4 Å². The average molecular weight is 419 g/mol. The van der Waals surface area contributed by atoms with Gasteiger partial charge < -0.3 is 24.8 Å². The Kier molecular flexibility index (Phi) is 9.08. The van der Waals surface area contributed by atoms with Gasteiger partial charge in [-0.25, -0.2) is 0 Å². The van der Waals surface area contributed by atoms with Crippen LogP contribution >= 0.6 is 0 Å². The van der Waals surface area contributed by atoms with Gasteiger partial charge >= 0.3 is 0 Å². The summed E-state index contributed by atoms with van der Waals surface area (Å²) in [6.45, 7) is 10.2. The van der Waals surface area contributed by atoms with E-state index in [-0.39, 0.29) is 6.10 Å². The molecule has 7 nitrogen and oxygen atoms in total. The molecule has 0 spiro atoms. The van der Waals surface area contributed by atoms with Crippen molar-refractivity contribution in [3.05, 3.63) is 23.8 Å². The zero-order valence-electron chi connectivity index (χ0n) is 18.8. The summed E-state index contributed by atoms with van der Waals surface area (Å²) in [6.07, 6.45) is 4.76. The van der Waals surface area contributed by atoms with E-state index in [0.717, 1.165) is 56.5 Å². The van der Waals surface area contributed by atoms with Crippen molar-refractivity contribution >= 4 is 5.96 Å². The first kappa shape index (κ1) is 22.7. The predicted octanol–water partition coefficient (Wildman–Crippen LogP) is 2.44. The van der Waals surface area contributed by atoms with Crippen molar-refractivity contribution in [3.63, 3.8) is 0 Å². The lowest BCUT2D eigenvalue weighted by molar-refractivity contribution is -0.0432. The fraction of sp³-hybridized carbons (Fsp3) is 0.696. The van der Waals surface area contributed by atoms with Crippen molar-refractivity contribution in [1.29, 1.82) is 0 Å². The number of hydrogen-bond donors (Lipinski definition) is 2. The number of guanidine groups is 1. The number of aliphatic imine (C=N–C) groups is 1. The van der Waals surface area contributed by atoms with Gasteiger partial charge in [-0.15, -0.1) is 0 Å². The molecule has 30 heavy (non-hydrogen) atoms. The van der Waals surface area contributed by atoms with Gasteiger partial charge in [-0.05, 0) is 63.8 Å². The first-order chi connectivity index (χ1) is 14.7. The van der Waals surface area contributed by atoms with Crippen molar-refractivity contribution in [3.8, 4) is 11.5 Å². The Labute approximate surface area is 181 Å². The van der Waals surface area contributed by atoms with E-state index in [1.807, 2.05) is 13.0 Å². The van der Waals surface area contributed by atoms with Crippen LogP contribution in [0.25, 0.3) is 0 Å². The van der Waals surface area contributed by atoms with Gasteiger partial charge in [0.05, 0.1) is 33.0 Å². The molecule has 1 aromatic rings. The molecule has 0 aliphatic carbocycles. The molecule has 2 N–H and O–H groups in total. The molecule has 2 fully saturated rings. The molecule has 168 valence electrons. The van der Waals surface area contributed by atoms with Crippen molar-refractivity contribution in [2.45, 2.75) is 51.7 Å². The molecule has 0 radical (unpaired) electrons. The third kappa shape index (κ3) is 6.51. The molecule has 0 saturated carbocycles. The molecule has 0 amide bonds. The van der Waals surface area contributed by atoms with Gasteiger partial charge in [0.1, 0.15) is 0 Å². The van der Waals surface area contributed by atoms with Crippen LogP contribution in [-0.2, 0) is 11.2 Å². The number of ether oxygens (including phenoxy) is 3. The van der Waals surface area contributed by atoms with Gasteiger partial charge in [-0.2, -0.15) is 0 Å².